The molecule has 0 aliphatic heterocycles. The molecule has 0 saturated heterocycles. The summed E-state index contributed by atoms with van der Waals surface area (Å²) in [5.74, 6) is 0.00500. The molecule has 4 heteroatoms. The van der Waals surface area contributed by atoms with E-state index in [1.165, 1.54) is 6.20 Å². The highest BCUT2D eigenvalue weighted by atomic mass is 19.1. The SMILES string of the molecule is CNc1cnc(F)cn1. The van der Waals surface area contributed by atoms with Gasteiger partial charge in [0.05, 0.1) is 12.4 Å². The predicted molar refractivity (Wildman–Crippen MR) is 31.5 cm³/mol. The van der Waals surface area contributed by atoms with Crippen LogP contribution in [0.4, 0.5) is 10.2 Å². The topological polar surface area (TPSA) is 37.8 Å². The molecular formula is C5H6FN3. The zero-order valence-corrected chi connectivity index (χ0v) is 4.93. The van der Waals surface area contributed by atoms with Gasteiger partial charge in [0.2, 0.25) is 5.95 Å². The molecule has 0 fully saturated rings. The smallest absolute Gasteiger partial charge is 0.231 e. The van der Waals surface area contributed by atoms with Gasteiger partial charge in [-0.1, -0.05) is 0 Å². The molecule has 0 atom stereocenters. The van der Waals surface area contributed by atoms with Crippen LogP contribution in [-0.2, 0) is 0 Å². The van der Waals surface area contributed by atoms with E-state index in [0.717, 1.165) is 6.20 Å². The van der Waals surface area contributed by atoms with Crippen LogP contribution in [0.25, 0.3) is 0 Å². The van der Waals surface area contributed by atoms with Gasteiger partial charge in [-0.25, -0.2) is 9.97 Å². The molecule has 48 valence electrons. The second-order valence-corrected chi connectivity index (χ2v) is 1.47. The summed E-state index contributed by atoms with van der Waals surface area (Å²) in [6, 6.07) is 0. The van der Waals surface area contributed by atoms with Gasteiger partial charge in [0, 0.05) is 7.05 Å². The van der Waals surface area contributed by atoms with Gasteiger partial charge in [-0.15, -0.1) is 0 Å². The Kier molecular flexibility index (Phi) is 1.58. The summed E-state index contributed by atoms with van der Waals surface area (Å²) in [5, 5.41) is 2.71. The highest BCUT2D eigenvalue weighted by Crippen LogP contribution is 1.96. The van der Waals surface area contributed by atoms with Crippen LogP contribution < -0.4 is 5.32 Å². The van der Waals surface area contributed by atoms with Crippen molar-refractivity contribution in [1.29, 1.82) is 0 Å². The van der Waals surface area contributed by atoms with Crippen LogP contribution in [0, 0.1) is 5.95 Å². The van der Waals surface area contributed by atoms with Gasteiger partial charge in [-0.05, 0) is 0 Å². The largest absolute Gasteiger partial charge is 0.372 e. The summed E-state index contributed by atoms with van der Waals surface area (Å²) in [5.41, 5.74) is 0. The maximum Gasteiger partial charge on any atom is 0.231 e. The Labute approximate surface area is 52.0 Å². The molecule has 9 heavy (non-hydrogen) atoms. The molecule has 0 saturated carbocycles. The van der Waals surface area contributed by atoms with Gasteiger partial charge in [-0.2, -0.15) is 4.39 Å². The van der Waals surface area contributed by atoms with E-state index in [1.54, 1.807) is 7.05 Å². The van der Waals surface area contributed by atoms with Gasteiger partial charge in [0.1, 0.15) is 5.82 Å². The van der Waals surface area contributed by atoms with Crippen LogP contribution in [0.3, 0.4) is 0 Å². The minimum Gasteiger partial charge on any atom is -0.372 e. The maximum absolute atomic E-state index is 12.0. The summed E-state index contributed by atoms with van der Waals surface area (Å²) >= 11 is 0. The summed E-state index contributed by atoms with van der Waals surface area (Å²) in [6.07, 6.45) is 2.39. The molecule has 1 aromatic rings. The minimum atomic E-state index is -0.561. The first kappa shape index (κ1) is 5.94. The summed E-state index contributed by atoms with van der Waals surface area (Å²) in [4.78, 5) is 7.01. The lowest BCUT2D eigenvalue weighted by Gasteiger charge is -1.93. The molecular weight excluding hydrogens is 121 g/mol. The first-order valence-corrected chi connectivity index (χ1v) is 2.48. The molecule has 1 rings (SSSR count). The molecule has 0 radical (unpaired) electrons. The lowest BCUT2D eigenvalue weighted by molar-refractivity contribution is 0.577. The van der Waals surface area contributed by atoms with Crippen LogP contribution in [0.15, 0.2) is 12.4 Å². The van der Waals surface area contributed by atoms with Gasteiger partial charge in [-0.3, -0.25) is 0 Å². The van der Waals surface area contributed by atoms with Crippen molar-refractivity contribution in [3.05, 3.63) is 18.3 Å². The van der Waals surface area contributed by atoms with Gasteiger partial charge >= 0.3 is 0 Å². The van der Waals surface area contributed by atoms with Crippen molar-refractivity contribution in [1.82, 2.24) is 9.97 Å². The number of hydrogen-bond acceptors (Lipinski definition) is 3. The van der Waals surface area contributed by atoms with E-state index in [9.17, 15) is 4.39 Å². The second-order valence-electron chi connectivity index (χ2n) is 1.47. The lowest BCUT2D eigenvalue weighted by atomic mass is 10.6. The van der Waals surface area contributed by atoms with Crippen LogP contribution in [-0.4, -0.2) is 17.0 Å². The highest BCUT2D eigenvalue weighted by Gasteiger charge is 1.89. The van der Waals surface area contributed by atoms with E-state index in [2.05, 4.69) is 15.3 Å². The Morgan fingerprint density at radius 1 is 1.44 bits per heavy atom. The van der Waals surface area contributed by atoms with Crippen molar-refractivity contribution in [2.75, 3.05) is 12.4 Å². The summed E-state index contributed by atoms with van der Waals surface area (Å²) in [6.45, 7) is 0. The Morgan fingerprint density at radius 3 is 2.67 bits per heavy atom. The molecule has 1 N–H and O–H groups in total. The van der Waals surface area contributed by atoms with Crippen molar-refractivity contribution >= 4 is 5.82 Å². The number of hydrogen-bond donors (Lipinski definition) is 1. The van der Waals surface area contributed by atoms with Crippen molar-refractivity contribution < 1.29 is 4.39 Å². The van der Waals surface area contributed by atoms with E-state index in [-0.39, 0.29) is 0 Å². The number of aromatic nitrogens is 2. The zero-order chi connectivity index (χ0) is 6.69. The maximum atomic E-state index is 12.0. The fourth-order valence-corrected chi connectivity index (χ4v) is 0.441. The highest BCUT2D eigenvalue weighted by molar-refractivity contribution is 5.28. The van der Waals surface area contributed by atoms with Crippen LogP contribution >= 0.6 is 0 Å². The fraction of sp³-hybridized carbons (Fsp3) is 0.200. The van der Waals surface area contributed by atoms with Gasteiger partial charge < -0.3 is 5.32 Å². The van der Waals surface area contributed by atoms with E-state index >= 15 is 0 Å². The quantitative estimate of drug-likeness (QED) is 0.602. The van der Waals surface area contributed by atoms with E-state index in [1.807, 2.05) is 0 Å². The summed E-state index contributed by atoms with van der Waals surface area (Å²) < 4.78 is 12.0. The molecule has 0 bridgehead atoms. The normalized spacial score (nSPS) is 9.11. The Bertz CT molecular complexity index is 184. The molecule has 0 aliphatic rings. The minimum absolute atomic E-state index is 0.561. The predicted octanol–water partition coefficient (Wildman–Crippen LogP) is 0.657. The monoisotopic (exact) mass is 127 g/mol. The number of nitrogens with zero attached hydrogens (tertiary/aromatic N) is 2. The van der Waals surface area contributed by atoms with Gasteiger partial charge in [0.25, 0.3) is 0 Å². The van der Waals surface area contributed by atoms with E-state index in [4.69, 9.17) is 0 Å². The third-order valence-corrected chi connectivity index (χ3v) is 0.876. The third-order valence-electron chi connectivity index (χ3n) is 0.876. The molecule has 0 unspecified atom stereocenters. The summed E-state index contributed by atoms with van der Waals surface area (Å²) in [7, 11) is 1.70. The van der Waals surface area contributed by atoms with Crippen LogP contribution in [0.1, 0.15) is 0 Å². The molecule has 1 aromatic heterocycles. The number of anilines is 1. The molecule has 0 amide bonds. The average molecular weight is 127 g/mol. The second kappa shape index (κ2) is 2.39. The molecule has 0 aliphatic carbocycles. The molecule has 0 spiro atoms. The van der Waals surface area contributed by atoms with Crippen molar-refractivity contribution in [2.45, 2.75) is 0 Å². The average Bonchev–Trinajstić information content (AvgIpc) is 1.90. The first-order valence-electron chi connectivity index (χ1n) is 2.48. The van der Waals surface area contributed by atoms with Crippen molar-refractivity contribution in [3.8, 4) is 0 Å². The van der Waals surface area contributed by atoms with Gasteiger partial charge in [0.15, 0.2) is 0 Å². The fourth-order valence-electron chi connectivity index (χ4n) is 0.441. The number of nitrogens with one attached hydrogen (secondary N) is 1. The Morgan fingerprint density at radius 2 is 2.22 bits per heavy atom. The van der Waals surface area contributed by atoms with Crippen LogP contribution in [0.5, 0.6) is 0 Å². The molecule has 0 aromatic carbocycles. The first-order chi connectivity index (χ1) is 4.33. The third kappa shape index (κ3) is 1.35. The Hall–Kier alpha value is -1.19. The van der Waals surface area contributed by atoms with Crippen LogP contribution in [0.2, 0.25) is 0 Å². The van der Waals surface area contributed by atoms with E-state index < -0.39 is 5.95 Å². The number of rotatable bonds is 1. The standard InChI is InChI=1S/C5H6FN3/c1-7-5-3-8-4(6)2-9-5/h2-3H,1H3,(H,7,9). The molecule has 3 nitrogen and oxygen atoms in total. The number of halogens is 1. The lowest BCUT2D eigenvalue weighted by Crippen LogP contribution is -1.93. The molecule has 1 heterocycles. The zero-order valence-electron chi connectivity index (χ0n) is 4.93. The Balaban J connectivity index is 2.88. The van der Waals surface area contributed by atoms with Crippen molar-refractivity contribution in [3.63, 3.8) is 0 Å². The van der Waals surface area contributed by atoms with Crippen molar-refractivity contribution in [2.24, 2.45) is 0 Å². The van der Waals surface area contributed by atoms with E-state index in [0.29, 0.717) is 5.82 Å².